The van der Waals surface area contributed by atoms with Gasteiger partial charge in [0, 0.05) is 60.5 Å². The molecule has 45 heavy (non-hydrogen) atoms. The second kappa shape index (κ2) is 14.2. The summed E-state index contributed by atoms with van der Waals surface area (Å²) in [5.41, 5.74) is 0.727. The van der Waals surface area contributed by atoms with Crippen LogP contribution in [0.15, 0.2) is 54.7 Å². The van der Waals surface area contributed by atoms with Gasteiger partial charge in [0.1, 0.15) is 17.0 Å². The van der Waals surface area contributed by atoms with Gasteiger partial charge >= 0.3 is 12.0 Å². The lowest BCUT2D eigenvalue weighted by Gasteiger charge is -2.27. The van der Waals surface area contributed by atoms with Gasteiger partial charge < -0.3 is 24.2 Å². The lowest BCUT2D eigenvalue weighted by Crippen LogP contribution is -2.36. The first-order valence-corrected chi connectivity index (χ1v) is 15.1. The van der Waals surface area contributed by atoms with E-state index in [-0.39, 0.29) is 29.2 Å². The molecule has 0 radical (unpaired) electrons. The standard InChI is InChI=1S/C28H25ClFN5O4.C5H11N/c1-34(17-12-13-35(15-17)21(36)10-11-22(37)38-2)27-19-14-31-25(24(30)26(19)32-28(33-27)39-3)18-8-4-6-16-7-5-9-20(29)23(16)18;1-6-4-2-3-5-6/h4-11,14,17H,12-13,15H2,1-3H3;2-5H2,1H3/b11-10+;. The molecule has 6 rings (SSSR count). The number of pyridine rings is 1. The van der Waals surface area contributed by atoms with Crippen molar-refractivity contribution in [1.82, 2.24) is 24.8 Å². The molecule has 10 nitrogen and oxygen atoms in total. The Labute approximate surface area is 266 Å². The molecule has 1 unspecified atom stereocenters. The summed E-state index contributed by atoms with van der Waals surface area (Å²) in [6, 6.07) is 10.9. The minimum Gasteiger partial charge on any atom is -0.467 e. The Morgan fingerprint density at radius 3 is 2.47 bits per heavy atom. The van der Waals surface area contributed by atoms with Crippen LogP contribution < -0.4 is 9.64 Å². The predicted molar refractivity (Wildman–Crippen MR) is 173 cm³/mol. The molecule has 4 aromatic rings. The number of hydrogen-bond acceptors (Lipinski definition) is 9. The molecule has 236 valence electrons. The van der Waals surface area contributed by atoms with Gasteiger partial charge in [-0.3, -0.25) is 9.78 Å². The van der Waals surface area contributed by atoms with Gasteiger partial charge in [0.25, 0.3) is 0 Å². The van der Waals surface area contributed by atoms with E-state index in [0.717, 1.165) is 11.5 Å². The summed E-state index contributed by atoms with van der Waals surface area (Å²) in [5, 5.41) is 2.46. The van der Waals surface area contributed by atoms with E-state index in [1.54, 1.807) is 23.2 Å². The van der Waals surface area contributed by atoms with E-state index in [9.17, 15) is 9.59 Å². The molecule has 12 heteroatoms. The van der Waals surface area contributed by atoms with E-state index < -0.39 is 11.8 Å². The van der Waals surface area contributed by atoms with E-state index >= 15 is 4.39 Å². The third-order valence-electron chi connectivity index (χ3n) is 8.18. The van der Waals surface area contributed by atoms with Crippen LogP contribution in [0.3, 0.4) is 0 Å². The first-order chi connectivity index (χ1) is 21.7. The molecule has 2 aromatic carbocycles. The Hall–Kier alpha value is -4.35. The van der Waals surface area contributed by atoms with Crippen LogP contribution in [0.2, 0.25) is 5.02 Å². The Morgan fingerprint density at radius 1 is 1.07 bits per heavy atom. The van der Waals surface area contributed by atoms with Crippen LogP contribution in [-0.2, 0) is 14.3 Å². The molecule has 2 aromatic heterocycles. The second-order valence-corrected chi connectivity index (χ2v) is 11.5. The lowest BCUT2D eigenvalue weighted by atomic mass is 10.0. The molecule has 1 atom stereocenters. The zero-order valence-electron chi connectivity index (χ0n) is 25.8. The summed E-state index contributed by atoms with van der Waals surface area (Å²) in [6.45, 7) is 3.51. The zero-order valence-corrected chi connectivity index (χ0v) is 26.6. The van der Waals surface area contributed by atoms with Crippen molar-refractivity contribution < 1.29 is 23.5 Å². The highest BCUT2D eigenvalue weighted by Crippen LogP contribution is 2.37. The van der Waals surface area contributed by atoms with Crippen molar-refractivity contribution in [3.63, 3.8) is 0 Å². The molecule has 2 fully saturated rings. The molecule has 0 bridgehead atoms. The van der Waals surface area contributed by atoms with Gasteiger partial charge in [-0.25, -0.2) is 9.18 Å². The molecule has 0 saturated carbocycles. The van der Waals surface area contributed by atoms with E-state index in [1.165, 1.54) is 46.2 Å². The van der Waals surface area contributed by atoms with Gasteiger partial charge in [-0.05, 0) is 50.9 Å². The number of fused-ring (bicyclic) bond motifs is 2. The van der Waals surface area contributed by atoms with Gasteiger partial charge in [0.05, 0.1) is 19.6 Å². The average molecular weight is 635 g/mol. The maximum atomic E-state index is 16.1. The molecule has 2 saturated heterocycles. The molecular formula is C33H36ClFN6O4. The number of halogens is 2. The van der Waals surface area contributed by atoms with Crippen LogP contribution in [-0.4, -0.2) is 97.2 Å². The largest absolute Gasteiger partial charge is 0.467 e. The molecule has 0 aliphatic carbocycles. The van der Waals surface area contributed by atoms with Crippen molar-refractivity contribution in [2.75, 3.05) is 59.4 Å². The minimum atomic E-state index is -0.619. The number of hydrogen-bond donors (Lipinski definition) is 0. The number of amides is 1. The quantitative estimate of drug-likeness (QED) is 0.211. The molecule has 2 aliphatic rings. The number of ether oxygens (including phenoxy) is 2. The number of rotatable bonds is 6. The fraction of sp³-hybridized carbons (Fsp3) is 0.364. The van der Waals surface area contributed by atoms with E-state index in [0.29, 0.717) is 46.7 Å². The summed E-state index contributed by atoms with van der Waals surface area (Å²) >= 11 is 6.49. The van der Waals surface area contributed by atoms with Crippen molar-refractivity contribution in [3.8, 4) is 17.3 Å². The summed E-state index contributed by atoms with van der Waals surface area (Å²) in [4.78, 5) is 43.0. The second-order valence-electron chi connectivity index (χ2n) is 11.1. The third kappa shape index (κ3) is 6.99. The number of nitrogens with zero attached hydrogens (tertiary/aromatic N) is 6. The normalized spacial score (nSPS) is 16.7. The third-order valence-corrected chi connectivity index (χ3v) is 8.50. The fourth-order valence-corrected chi connectivity index (χ4v) is 5.96. The van der Waals surface area contributed by atoms with Gasteiger partial charge in [0.2, 0.25) is 5.91 Å². The molecule has 4 heterocycles. The van der Waals surface area contributed by atoms with Crippen LogP contribution >= 0.6 is 11.6 Å². The highest BCUT2D eigenvalue weighted by Gasteiger charge is 2.31. The number of carbonyl (C=O) groups excluding carboxylic acids is 2. The average Bonchev–Trinajstić information content (AvgIpc) is 3.75. The first-order valence-electron chi connectivity index (χ1n) is 14.8. The number of anilines is 1. The van der Waals surface area contributed by atoms with Crippen molar-refractivity contribution in [2.45, 2.75) is 25.3 Å². The van der Waals surface area contributed by atoms with Crippen LogP contribution in [0.1, 0.15) is 19.3 Å². The topological polar surface area (TPSA) is 101 Å². The maximum absolute atomic E-state index is 16.1. The molecular weight excluding hydrogens is 599 g/mol. The van der Waals surface area contributed by atoms with Gasteiger partial charge in [-0.2, -0.15) is 9.97 Å². The highest BCUT2D eigenvalue weighted by atomic mass is 35.5. The summed E-state index contributed by atoms with van der Waals surface area (Å²) in [6.07, 6.45) is 7.30. The maximum Gasteiger partial charge on any atom is 0.330 e. The molecule has 2 aliphatic heterocycles. The summed E-state index contributed by atoms with van der Waals surface area (Å²) < 4.78 is 26.0. The van der Waals surface area contributed by atoms with Crippen LogP contribution in [0, 0.1) is 5.82 Å². The monoisotopic (exact) mass is 634 g/mol. The molecule has 0 spiro atoms. The number of likely N-dealkylation sites (tertiary alicyclic amines) is 2. The van der Waals surface area contributed by atoms with E-state index in [1.807, 2.05) is 36.2 Å². The first kappa shape index (κ1) is 32.1. The summed E-state index contributed by atoms with van der Waals surface area (Å²) in [5.74, 6) is -1.09. The highest BCUT2D eigenvalue weighted by molar-refractivity contribution is 6.36. The minimum absolute atomic E-state index is 0.00305. The van der Waals surface area contributed by atoms with Crippen molar-refractivity contribution in [3.05, 3.63) is 65.6 Å². The number of esters is 1. The van der Waals surface area contributed by atoms with Crippen molar-refractivity contribution in [2.24, 2.45) is 0 Å². The lowest BCUT2D eigenvalue weighted by molar-refractivity contribution is -0.135. The number of methoxy groups -OCH3 is 2. The molecule has 0 N–H and O–H groups in total. The number of aromatic nitrogens is 3. The summed E-state index contributed by atoms with van der Waals surface area (Å²) in [7, 11) is 6.66. The SMILES string of the molecule is CN1CCCC1.COC(=O)/C=C/C(=O)N1CCC(N(C)c2nc(OC)nc3c(F)c(-c4cccc5cccc(Cl)c45)ncc23)C1. The predicted octanol–water partition coefficient (Wildman–Crippen LogP) is 5.12. The zero-order chi connectivity index (χ0) is 32.1. The Kier molecular flexibility index (Phi) is 10.1. The van der Waals surface area contributed by atoms with E-state index in [2.05, 4.69) is 31.6 Å². The van der Waals surface area contributed by atoms with Crippen LogP contribution in [0.25, 0.3) is 32.9 Å². The van der Waals surface area contributed by atoms with Crippen molar-refractivity contribution >= 4 is 51.0 Å². The Morgan fingerprint density at radius 2 is 1.80 bits per heavy atom. The van der Waals surface area contributed by atoms with Crippen LogP contribution in [0.5, 0.6) is 6.01 Å². The number of carbonyl (C=O) groups is 2. The Balaban J connectivity index is 0.000000598. The van der Waals surface area contributed by atoms with Gasteiger partial charge in [-0.1, -0.05) is 41.9 Å². The smallest absolute Gasteiger partial charge is 0.330 e. The van der Waals surface area contributed by atoms with E-state index in [4.69, 9.17) is 16.3 Å². The fourth-order valence-electron chi connectivity index (χ4n) is 5.68. The number of benzene rings is 2. The van der Waals surface area contributed by atoms with Gasteiger partial charge in [0.15, 0.2) is 5.82 Å². The van der Waals surface area contributed by atoms with Gasteiger partial charge in [-0.15, -0.1) is 0 Å². The number of likely N-dealkylation sites (N-methyl/N-ethyl adjacent to an activating group) is 1. The van der Waals surface area contributed by atoms with Crippen molar-refractivity contribution in [1.29, 1.82) is 0 Å². The van der Waals surface area contributed by atoms with Crippen LogP contribution in [0.4, 0.5) is 10.2 Å². The Bertz CT molecular complexity index is 1740. The molecule has 1 amide bonds.